The van der Waals surface area contributed by atoms with Gasteiger partial charge in [-0.15, -0.1) is 11.3 Å². The number of nitrogens with one attached hydrogen (secondary N) is 1. The standard InChI is InChI=1S/C12H15N5O2S2/c1-7-6-20-11(14-7)16-10(18)8-9(13)15-12(21-8)17-2-4-19-5-3-17/h6H,2-5,13H2,1H3,(H,14,16,18). The fraction of sp³-hybridized carbons (Fsp3) is 0.417. The Morgan fingerprint density at radius 2 is 2.19 bits per heavy atom. The fourth-order valence-corrected chi connectivity index (χ4v) is 3.55. The summed E-state index contributed by atoms with van der Waals surface area (Å²) < 4.78 is 5.30. The summed E-state index contributed by atoms with van der Waals surface area (Å²) in [5.41, 5.74) is 6.75. The van der Waals surface area contributed by atoms with Crippen LogP contribution in [-0.4, -0.2) is 42.2 Å². The zero-order chi connectivity index (χ0) is 14.8. The molecule has 0 unspecified atom stereocenters. The molecule has 3 heterocycles. The number of hydrogen-bond acceptors (Lipinski definition) is 8. The molecule has 2 aromatic rings. The normalized spacial score (nSPS) is 15.2. The molecule has 1 fully saturated rings. The van der Waals surface area contributed by atoms with Crippen molar-refractivity contribution in [2.24, 2.45) is 0 Å². The van der Waals surface area contributed by atoms with Crippen LogP contribution in [0.5, 0.6) is 0 Å². The lowest BCUT2D eigenvalue weighted by Crippen LogP contribution is -2.36. The largest absolute Gasteiger partial charge is 0.382 e. The number of carbonyl (C=O) groups is 1. The van der Waals surface area contributed by atoms with Crippen LogP contribution >= 0.6 is 22.7 Å². The first-order chi connectivity index (χ1) is 10.1. The molecule has 1 amide bonds. The van der Waals surface area contributed by atoms with Gasteiger partial charge in [-0.25, -0.2) is 9.97 Å². The number of amides is 1. The number of hydrogen-bond donors (Lipinski definition) is 2. The monoisotopic (exact) mass is 325 g/mol. The van der Waals surface area contributed by atoms with E-state index in [1.807, 2.05) is 12.3 Å². The lowest BCUT2D eigenvalue weighted by Gasteiger charge is -2.25. The summed E-state index contributed by atoms with van der Waals surface area (Å²) >= 11 is 2.69. The zero-order valence-corrected chi connectivity index (χ0v) is 13.1. The second kappa shape index (κ2) is 5.96. The first-order valence-corrected chi connectivity index (χ1v) is 8.15. The van der Waals surface area contributed by atoms with Gasteiger partial charge in [-0.3, -0.25) is 10.1 Å². The van der Waals surface area contributed by atoms with Crippen molar-refractivity contribution in [2.75, 3.05) is 42.3 Å². The molecule has 0 aromatic carbocycles. The van der Waals surface area contributed by atoms with Crippen molar-refractivity contribution in [3.63, 3.8) is 0 Å². The number of aryl methyl sites for hydroxylation is 1. The molecule has 0 saturated carbocycles. The van der Waals surface area contributed by atoms with Gasteiger partial charge in [0, 0.05) is 18.5 Å². The number of aromatic nitrogens is 2. The second-order valence-electron chi connectivity index (χ2n) is 4.56. The number of nitrogens with two attached hydrogens (primary N) is 1. The van der Waals surface area contributed by atoms with E-state index in [4.69, 9.17) is 10.5 Å². The molecule has 1 aliphatic heterocycles. The average molecular weight is 325 g/mol. The summed E-state index contributed by atoms with van der Waals surface area (Å²) in [4.78, 5) is 23.2. The minimum Gasteiger partial charge on any atom is -0.382 e. The number of ether oxygens (including phenoxy) is 1. The van der Waals surface area contributed by atoms with Gasteiger partial charge in [0.2, 0.25) is 0 Å². The quantitative estimate of drug-likeness (QED) is 0.890. The molecule has 0 atom stereocenters. The zero-order valence-electron chi connectivity index (χ0n) is 11.5. The van der Waals surface area contributed by atoms with Crippen LogP contribution in [-0.2, 0) is 4.74 Å². The van der Waals surface area contributed by atoms with E-state index in [0.29, 0.717) is 23.2 Å². The van der Waals surface area contributed by atoms with Crippen LogP contribution in [0.15, 0.2) is 5.38 Å². The molecule has 2 aromatic heterocycles. The highest BCUT2D eigenvalue weighted by Gasteiger charge is 2.21. The Morgan fingerprint density at radius 1 is 1.43 bits per heavy atom. The van der Waals surface area contributed by atoms with Crippen LogP contribution in [0.1, 0.15) is 15.4 Å². The number of carbonyl (C=O) groups excluding carboxylic acids is 1. The molecule has 0 spiro atoms. The topological polar surface area (TPSA) is 93.4 Å². The maximum Gasteiger partial charge on any atom is 0.271 e. The van der Waals surface area contributed by atoms with E-state index in [9.17, 15) is 4.79 Å². The molecule has 21 heavy (non-hydrogen) atoms. The van der Waals surface area contributed by atoms with Gasteiger partial charge in [0.1, 0.15) is 10.7 Å². The van der Waals surface area contributed by atoms with Gasteiger partial charge in [-0.05, 0) is 6.92 Å². The maximum absolute atomic E-state index is 12.2. The van der Waals surface area contributed by atoms with Crippen molar-refractivity contribution >= 4 is 44.7 Å². The molecule has 1 saturated heterocycles. The van der Waals surface area contributed by atoms with Gasteiger partial charge in [-0.2, -0.15) is 0 Å². The van der Waals surface area contributed by atoms with Crippen molar-refractivity contribution in [1.82, 2.24) is 9.97 Å². The van der Waals surface area contributed by atoms with E-state index >= 15 is 0 Å². The summed E-state index contributed by atoms with van der Waals surface area (Å²) in [6.45, 7) is 4.74. The Morgan fingerprint density at radius 3 is 2.86 bits per heavy atom. The van der Waals surface area contributed by atoms with Gasteiger partial charge in [0.25, 0.3) is 5.91 Å². The van der Waals surface area contributed by atoms with E-state index in [1.165, 1.54) is 22.7 Å². The molecule has 0 aliphatic carbocycles. The smallest absolute Gasteiger partial charge is 0.271 e. The highest BCUT2D eigenvalue weighted by atomic mass is 32.1. The number of anilines is 3. The SMILES string of the molecule is Cc1csc(NC(=O)c2sc(N3CCOCC3)nc2N)n1. The molecule has 112 valence electrons. The van der Waals surface area contributed by atoms with Gasteiger partial charge >= 0.3 is 0 Å². The lowest BCUT2D eigenvalue weighted by atomic mass is 10.4. The van der Waals surface area contributed by atoms with Crippen LogP contribution in [0.3, 0.4) is 0 Å². The Kier molecular flexibility index (Phi) is 4.04. The van der Waals surface area contributed by atoms with Crippen LogP contribution in [0.2, 0.25) is 0 Å². The van der Waals surface area contributed by atoms with Crippen LogP contribution in [0, 0.1) is 6.92 Å². The highest BCUT2D eigenvalue weighted by Crippen LogP contribution is 2.29. The maximum atomic E-state index is 12.2. The van der Waals surface area contributed by atoms with Gasteiger partial charge in [0.15, 0.2) is 10.3 Å². The molecule has 1 aliphatic rings. The first-order valence-electron chi connectivity index (χ1n) is 6.46. The molecule has 3 N–H and O–H groups in total. The number of nitrogen functional groups attached to an aromatic ring is 1. The van der Waals surface area contributed by atoms with Crippen molar-refractivity contribution in [2.45, 2.75) is 6.92 Å². The predicted molar refractivity (Wildman–Crippen MR) is 84.4 cm³/mol. The number of rotatable bonds is 3. The Labute approximate surface area is 129 Å². The summed E-state index contributed by atoms with van der Waals surface area (Å²) in [7, 11) is 0. The average Bonchev–Trinajstić information content (AvgIpc) is 3.06. The van der Waals surface area contributed by atoms with E-state index in [2.05, 4.69) is 20.2 Å². The van der Waals surface area contributed by atoms with Crippen LogP contribution in [0.25, 0.3) is 0 Å². The van der Waals surface area contributed by atoms with E-state index in [-0.39, 0.29) is 11.7 Å². The third-order valence-electron chi connectivity index (χ3n) is 2.97. The Bertz CT molecular complexity index is 648. The van der Waals surface area contributed by atoms with Crippen LogP contribution < -0.4 is 16.0 Å². The third-order valence-corrected chi connectivity index (χ3v) is 4.98. The summed E-state index contributed by atoms with van der Waals surface area (Å²) in [6.07, 6.45) is 0. The predicted octanol–water partition coefficient (Wildman–Crippen LogP) is 1.58. The minimum atomic E-state index is -0.265. The molecule has 0 radical (unpaired) electrons. The molecule has 3 rings (SSSR count). The van der Waals surface area contributed by atoms with Gasteiger partial charge in [0.05, 0.1) is 18.9 Å². The third kappa shape index (κ3) is 3.14. The lowest BCUT2D eigenvalue weighted by molar-refractivity contribution is 0.103. The van der Waals surface area contributed by atoms with E-state index in [1.54, 1.807) is 0 Å². The number of thiazole rings is 2. The van der Waals surface area contributed by atoms with Gasteiger partial charge < -0.3 is 15.4 Å². The van der Waals surface area contributed by atoms with Crippen molar-refractivity contribution in [1.29, 1.82) is 0 Å². The Balaban J connectivity index is 1.75. The first kappa shape index (κ1) is 14.2. The second-order valence-corrected chi connectivity index (χ2v) is 6.39. The van der Waals surface area contributed by atoms with E-state index < -0.39 is 0 Å². The van der Waals surface area contributed by atoms with E-state index in [0.717, 1.165) is 23.9 Å². The van der Waals surface area contributed by atoms with Crippen molar-refractivity contribution in [3.05, 3.63) is 16.0 Å². The highest BCUT2D eigenvalue weighted by molar-refractivity contribution is 7.18. The number of nitrogens with zero attached hydrogens (tertiary/aromatic N) is 3. The summed E-state index contributed by atoms with van der Waals surface area (Å²) in [6, 6.07) is 0. The summed E-state index contributed by atoms with van der Waals surface area (Å²) in [5.74, 6) is -0.00821. The molecular weight excluding hydrogens is 310 g/mol. The number of morpholine rings is 1. The minimum absolute atomic E-state index is 0.257. The summed E-state index contributed by atoms with van der Waals surface area (Å²) in [5, 5.41) is 5.96. The molecule has 9 heteroatoms. The Hall–Kier alpha value is -1.71. The van der Waals surface area contributed by atoms with Gasteiger partial charge in [-0.1, -0.05) is 11.3 Å². The molecule has 7 nitrogen and oxygen atoms in total. The molecular formula is C12H15N5O2S2. The van der Waals surface area contributed by atoms with Crippen LogP contribution in [0.4, 0.5) is 16.1 Å². The van der Waals surface area contributed by atoms with Crippen molar-refractivity contribution in [3.8, 4) is 0 Å². The molecule has 0 bridgehead atoms. The fourth-order valence-electron chi connectivity index (χ4n) is 1.94. The van der Waals surface area contributed by atoms with Crippen molar-refractivity contribution < 1.29 is 9.53 Å².